The van der Waals surface area contributed by atoms with E-state index < -0.39 is 22.8 Å². The first kappa shape index (κ1) is 17.4. The van der Waals surface area contributed by atoms with E-state index in [1.807, 2.05) is 0 Å². The fourth-order valence-electron chi connectivity index (χ4n) is 1.64. The van der Waals surface area contributed by atoms with Gasteiger partial charge in [0.1, 0.15) is 0 Å². The third kappa shape index (κ3) is 4.17. The van der Waals surface area contributed by atoms with Gasteiger partial charge in [0, 0.05) is 0 Å². The number of hydrogen-bond donors (Lipinski definition) is 1. The zero-order valence-corrected chi connectivity index (χ0v) is 13.3. The first-order chi connectivity index (χ1) is 8.88. The van der Waals surface area contributed by atoms with Crippen molar-refractivity contribution < 1.29 is 52.9 Å². The minimum atomic E-state index is -4.37. The molecule has 0 saturated heterocycles. The molecule has 0 radical (unpaired) electrons. The summed E-state index contributed by atoms with van der Waals surface area (Å²) in [5.41, 5.74) is 0.423. The standard InChI is InChI=1S/C13H9F3O2S.Na.H/c14-13(15,16)11-6-4-9(5-7-11)10-2-1-3-12(8-10)19(17)18;;/h1-8H,(H,17,18);;/q;+1;-1. The Hall–Kier alpha value is -0.660. The molecular weight excluding hydrogens is 300 g/mol. The second-order valence-corrected chi connectivity index (χ2v) is 4.82. The van der Waals surface area contributed by atoms with Crippen LogP contribution in [0.2, 0.25) is 0 Å². The van der Waals surface area contributed by atoms with Gasteiger partial charge in [-0.1, -0.05) is 24.3 Å². The van der Waals surface area contributed by atoms with Gasteiger partial charge < -0.3 is 5.98 Å². The molecule has 0 amide bonds. The molecule has 20 heavy (non-hydrogen) atoms. The van der Waals surface area contributed by atoms with Gasteiger partial charge in [0.15, 0.2) is 11.1 Å². The molecule has 1 unspecified atom stereocenters. The van der Waals surface area contributed by atoms with Crippen molar-refractivity contribution in [2.45, 2.75) is 11.1 Å². The van der Waals surface area contributed by atoms with E-state index in [2.05, 4.69) is 0 Å². The molecule has 0 aliphatic rings. The first-order valence-corrected chi connectivity index (χ1v) is 6.37. The fraction of sp³-hybridized carbons (Fsp3) is 0.0769. The molecule has 0 aliphatic carbocycles. The van der Waals surface area contributed by atoms with Crippen molar-refractivity contribution in [1.29, 1.82) is 0 Å². The van der Waals surface area contributed by atoms with Gasteiger partial charge in [0.05, 0.1) is 10.5 Å². The number of hydrogen-bond acceptors (Lipinski definition) is 1. The molecule has 2 nitrogen and oxygen atoms in total. The quantitative estimate of drug-likeness (QED) is 0.665. The second kappa shape index (κ2) is 6.87. The first-order valence-electron chi connectivity index (χ1n) is 5.26. The van der Waals surface area contributed by atoms with Gasteiger partial charge in [-0.2, -0.15) is 13.2 Å². The number of rotatable bonds is 2. The molecule has 0 fully saturated rings. The second-order valence-electron chi connectivity index (χ2n) is 3.85. The average molecular weight is 310 g/mol. The Labute approximate surface area is 140 Å². The topological polar surface area (TPSA) is 37.3 Å². The Morgan fingerprint density at radius 1 is 1.00 bits per heavy atom. The molecule has 0 aliphatic heterocycles. The summed E-state index contributed by atoms with van der Waals surface area (Å²) in [6.45, 7) is 0. The number of halogens is 3. The number of alkyl halides is 3. The zero-order chi connectivity index (χ0) is 14.0. The van der Waals surface area contributed by atoms with Gasteiger partial charge in [0.25, 0.3) is 0 Å². The summed E-state index contributed by atoms with van der Waals surface area (Å²) in [5.74, 6) is 0. The molecular formula is C13H10F3NaO2S. The van der Waals surface area contributed by atoms with Crippen LogP contribution in [0, 0.1) is 0 Å². The van der Waals surface area contributed by atoms with Crippen LogP contribution in [0.1, 0.15) is 6.99 Å². The molecule has 0 heterocycles. The fourth-order valence-corrected chi connectivity index (χ4v) is 2.06. The van der Waals surface area contributed by atoms with Crippen molar-refractivity contribution in [2.24, 2.45) is 0 Å². The van der Waals surface area contributed by atoms with E-state index in [1.54, 1.807) is 12.1 Å². The predicted molar refractivity (Wildman–Crippen MR) is 67.0 cm³/mol. The summed E-state index contributed by atoms with van der Waals surface area (Å²) in [6.07, 6.45) is -4.37. The van der Waals surface area contributed by atoms with Crippen LogP contribution in [0.15, 0.2) is 53.4 Å². The molecule has 2 aromatic rings. The Bertz CT molecular complexity index is 618. The van der Waals surface area contributed by atoms with Crippen molar-refractivity contribution in [3.05, 3.63) is 54.1 Å². The van der Waals surface area contributed by atoms with E-state index in [0.29, 0.717) is 11.1 Å². The van der Waals surface area contributed by atoms with E-state index in [4.69, 9.17) is 4.55 Å². The van der Waals surface area contributed by atoms with Crippen LogP contribution in [0.3, 0.4) is 0 Å². The van der Waals surface area contributed by atoms with Crippen LogP contribution < -0.4 is 29.6 Å². The summed E-state index contributed by atoms with van der Waals surface area (Å²) in [7, 11) is 0. The summed E-state index contributed by atoms with van der Waals surface area (Å²) in [4.78, 5) is 0.206. The van der Waals surface area contributed by atoms with Crippen molar-refractivity contribution >= 4 is 11.1 Å². The van der Waals surface area contributed by atoms with E-state index in [9.17, 15) is 17.4 Å². The van der Waals surface area contributed by atoms with Gasteiger partial charge in [-0.15, -0.1) is 0 Å². The zero-order valence-electron chi connectivity index (χ0n) is 11.5. The van der Waals surface area contributed by atoms with Gasteiger partial charge in [0.2, 0.25) is 0 Å². The minimum Gasteiger partial charge on any atom is -1.00 e. The van der Waals surface area contributed by atoms with Crippen molar-refractivity contribution in [1.82, 2.24) is 0 Å². The van der Waals surface area contributed by atoms with Crippen molar-refractivity contribution in [3.63, 3.8) is 0 Å². The molecule has 0 aromatic heterocycles. The smallest absolute Gasteiger partial charge is 1.00 e. The molecule has 1 N–H and O–H groups in total. The normalized spacial score (nSPS) is 12.6. The number of benzene rings is 2. The van der Waals surface area contributed by atoms with E-state index >= 15 is 0 Å². The van der Waals surface area contributed by atoms with Crippen molar-refractivity contribution in [2.75, 3.05) is 0 Å². The SMILES string of the molecule is O=S(O)c1cccc(-c2ccc(C(F)(F)F)cc2)c1.[H-].[Na+]. The predicted octanol–water partition coefficient (Wildman–Crippen LogP) is 1.07. The van der Waals surface area contributed by atoms with Gasteiger partial charge >= 0.3 is 35.7 Å². The van der Waals surface area contributed by atoms with Crippen LogP contribution >= 0.6 is 0 Å². The molecule has 7 heteroatoms. The van der Waals surface area contributed by atoms with Crippen molar-refractivity contribution in [3.8, 4) is 11.1 Å². The molecule has 2 aromatic carbocycles. The molecule has 1 atom stereocenters. The molecule has 0 bridgehead atoms. The largest absolute Gasteiger partial charge is 1.00 e. The van der Waals surface area contributed by atoms with Gasteiger partial charge in [-0.3, -0.25) is 0 Å². The van der Waals surface area contributed by atoms with Crippen LogP contribution in [0.5, 0.6) is 0 Å². The Balaban J connectivity index is 0.00000200. The average Bonchev–Trinajstić information content (AvgIpc) is 2.38. The minimum absolute atomic E-state index is 0. The Morgan fingerprint density at radius 3 is 2.10 bits per heavy atom. The Kier molecular flexibility index (Phi) is 5.97. The molecule has 0 spiro atoms. The van der Waals surface area contributed by atoms with Crippen LogP contribution in [-0.2, 0) is 17.3 Å². The maximum atomic E-state index is 12.4. The van der Waals surface area contributed by atoms with Crippen LogP contribution in [0.4, 0.5) is 13.2 Å². The Morgan fingerprint density at radius 2 is 1.60 bits per heavy atom. The molecule has 2 rings (SSSR count). The molecule has 0 saturated carbocycles. The summed E-state index contributed by atoms with van der Waals surface area (Å²) >= 11 is -2.11. The van der Waals surface area contributed by atoms with Crippen LogP contribution in [-0.4, -0.2) is 8.76 Å². The summed E-state index contributed by atoms with van der Waals surface area (Å²) < 4.78 is 57.2. The summed E-state index contributed by atoms with van der Waals surface area (Å²) in [6, 6.07) is 10.8. The maximum absolute atomic E-state index is 12.4. The van der Waals surface area contributed by atoms with E-state index in [1.165, 1.54) is 24.3 Å². The van der Waals surface area contributed by atoms with Gasteiger partial charge in [-0.25, -0.2) is 4.21 Å². The van der Waals surface area contributed by atoms with E-state index in [-0.39, 0.29) is 35.9 Å². The summed E-state index contributed by atoms with van der Waals surface area (Å²) in [5, 5.41) is 0. The van der Waals surface area contributed by atoms with E-state index in [0.717, 1.165) is 12.1 Å². The van der Waals surface area contributed by atoms with Gasteiger partial charge in [-0.05, 0) is 35.4 Å². The monoisotopic (exact) mass is 310 g/mol. The third-order valence-electron chi connectivity index (χ3n) is 2.58. The van der Waals surface area contributed by atoms with Crippen LogP contribution in [0.25, 0.3) is 11.1 Å². The maximum Gasteiger partial charge on any atom is 1.00 e. The molecule has 102 valence electrons. The third-order valence-corrected chi connectivity index (χ3v) is 3.24.